The molecule has 0 radical (unpaired) electrons. The molecule has 0 bridgehead atoms. The summed E-state index contributed by atoms with van der Waals surface area (Å²) in [5, 5.41) is 20.9. The summed E-state index contributed by atoms with van der Waals surface area (Å²) in [5.41, 5.74) is 0. The minimum atomic E-state index is -0.332. The molecule has 1 fully saturated rings. The van der Waals surface area contributed by atoms with E-state index >= 15 is 0 Å². The van der Waals surface area contributed by atoms with Gasteiger partial charge in [-0.15, -0.1) is 0 Å². The van der Waals surface area contributed by atoms with E-state index in [1.165, 1.54) is 0 Å². The lowest BCUT2D eigenvalue weighted by Gasteiger charge is -2.31. The van der Waals surface area contributed by atoms with Crippen LogP contribution in [0.1, 0.15) is 32.6 Å². The minimum absolute atomic E-state index is 0.0324. The lowest BCUT2D eigenvalue weighted by atomic mass is 9.78. The van der Waals surface area contributed by atoms with Gasteiger partial charge in [0.1, 0.15) is 0 Å². The predicted octanol–water partition coefficient (Wildman–Crippen LogP) is 0.282. The topological polar surface area (TPSA) is 69.6 Å². The molecule has 1 rings (SSSR count). The molecule has 1 aliphatic carbocycles. The van der Waals surface area contributed by atoms with Crippen LogP contribution in [0.4, 0.5) is 0 Å². The third kappa shape index (κ3) is 4.18. The van der Waals surface area contributed by atoms with Gasteiger partial charge in [-0.25, -0.2) is 0 Å². The molecule has 88 valence electrons. The van der Waals surface area contributed by atoms with Crippen LogP contribution in [-0.2, 0) is 4.79 Å². The average molecular weight is 215 g/mol. The second kappa shape index (κ2) is 6.08. The lowest BCUT2D eigenvalue weighted by molar-refractivity contribution is -0.123. The number of rotatable bonds is 4. The summed E-state index contributed by atoms with van der Waals surface area (Å²) >= 11 is 0. The summed E-state index contributed by atoms with van der Waals surface area (Å²) in [5.74, 6) is 0.624. The van der Waals surface area contributed by atoms with E-state index in [0.717, 1.165) is 19.3 Å². The van der Waals surface area contributed by atoms with E-state index in [2.05, 4.69) is 12.2 Å². The van der Waals surface area contributed by atoms with Gasteiger partial charge < -0.3 is 15.5 Å². The molecule has 3 unspecified atom stereocenters. The first-order valence-electron chi connectivity index (χ1n) is 5.69. The Morgan fingerprint density at radius 2 is 2.20 bits per heavy atom. The zero-order chi connectivity index (χ0) is 11.3. The number of amides is 1. The van der Waals surface area contributed by atoms with Crippen LogP contribution in [0.25, 0.3) is 0 Å². The van der Waals surface area contributed by atoms with Gasteiger partial charge in [0.15, 0.2) is 0 Å². The Kier molecular flexibility index (Phi) is 5.05. The van der Waals surface area contributed by atoms with Crippen molar-refractivity contribution in [1.29, 1.82) is 0 Å². The highest BCUT2D eigenvalue weighted by Gasteiger charge is 2.28. The molecule has 0 aromatic carbocycles. The van der Waals surface area contributed by atoms with Crippen LogP contribution in [0.3, 0.4) is 0 Å². The van der Waals surface area contributed by atoms with Crippen LogP contribution >= 0.6 is 0 Å². The Morgan fingerprint density at radius 1 is 1.47 bits per heavy atom. The number of carbonyl (C=O) groups is 1. The number of hydrogen-bond acceptors (Lipinski definition) is 3. The molecule has 0 spiro atoms. The molecule has 1 aliphatic rings. The molecular formula is C11H21NO3. The summed E-state index contributed by atoms with van der Waals surface area (Å²) < 4.78 is 0. The second-order valence-electron chi connectivity index (χ2n) is 4.52. The van der Waals surface area contributed by atoms with Crippen LogP contribution in [0, 0.1) is 11.8 Å². The van der Waals surface area contributed by atoms with Crippen molar-refractivity contribution in [2.24, 2.45) is 11.8 Å². The van der Waals surface area contributed by atoms with Crippen molar-refractivity contribution in [1.82, 2.24) is 5.32 Å². The standard InChI is InChI=1S/C11H21NO3/c1-8-2-3-10(14)9(6-8)7-11(15)12-4-5-13/h8-10,13-14H,2-7H2,1H3,(H,12,15). The Hall–Kier alpha value is -0.610. The lowest BCUT2D eigenvalue weighted by Crippen LogP contribution is -2.34. The molecule has 0 aromatic heterocycles. The van der Waals surface area contributed by atoms with Gasteiger partial charge in [-0.05, 0) is 31.1 Å². The maximum atomic E-state index is 11.4. The van der Waals surface area contributed by atoms with E-state index in [1.807, 2.05) is 0 Å². The van der Waals surface area contributed by atoms with Gasteiger partial charge in [-0.3, -0.25) is 4.79 Å². The zero-order valence-corrected chi connectivity index (χ0v) is 9.28. The second-order valence-corrected chi connectivity index (χ2v) is 4.52. The Morgan fingerprint density at radius 3 is 2.87 bits per heavy atom. The molecule has 15 heavy (non-hydrogen) atoms. The molecule has 3 atom stereocenters. The molecular weight excluding hydrogens is 194 g/mol. The Labute approximate surface area is 90.7 Å². The van der Waals surface area contributed by atoms with Gasteiger partial charge >= 0.3 is 0 Å². The van der Waals surface area contributed by atoms with E-state index < -0.39 is 0 Å². The number of carbonyl (C=O) groups excluding carboxylic acids is 1. The van der Waals surface area contributed by atoms with Crippen molar-refractivity contribution < 1.29 is 15.0 Å². The van der Waals surface area contributed by atoms with Crippen LogP contribution in [-0.4, -0.2) is 35.4 Å². The van der Waals surface area contributed by atoms with Crippen molar-refractivity contribution in [3.8, 4) is 0 Å². The SMILES string of the molecule is CC1CCC(O)C(CC(=O)NCCO)C1. The normalized spacial score (nSPS) is 31.3. The van der Waals surface area contributed by atoms with Gasteiger partial charge in [0, 0.05) is 13.0 Å². The fraction of sp³-hybridized carbons (Fsp3) is 0.909. The third-order valence-corrected chi connectivity index (χ3v) is 3.09. The van der Waals surface area contributed by atoms with Gasteiger partial charge in [0.2, 0.25) is 5.91 Å². The number of aliphatic hydroxyl groups excluding tert-OH is 2. The highest BCUT2D eigenvalue weighted by Crippen LogP contribution is 2.30. The van der Waals surface area contributed by atoms with Gasteiger partial charge in [0.25, 0.3) is 0 Å². The summed E-state index contributed by atoms with van der Waals surface area (Å²) in [6.45, 7) is 2.43. The van der Waals surface area contributed by atoms with Crippen LogP contribution in [0.15, 0.2) is 0 Å². The predicted molar refractivity (Wildman–Crippen MR) is 57.2 cm³/mol. The Balaban J connectivity index is 2.31. The molecule has 0 heterocycles. The molecule has 1 amide bonds. The molecule has 1 saturated carbocycles. The van der Waals surface area contributed by atoms with E-state index in [1.54, 1.807) is 0 Å². The van der Waals surface area contributed by atoms with Crippen molar-refractivity contribution >= 4 is 5.91 Å². The average Bonchev–Trinajstić information content (AvgIpc) is 2.20. The number of aliphatic hydroxyl groups is 2. The van der Waals surface area contributed by atoms with Crippen molar-refractivity contribution in [2.75, 3.05) is 13.2 Å². The third-order valence-electron chi connectivity index (χ3n) is 3.09. The zero-order valence-electron chi connectivity index (χ0n) is 9.28. The summed E-state index contributed by atoms with van der Waals surface area (Å²) in [6, 6.07) is 0. The maximum absolute atomic E-state index is 11.4. The van der Waals surface area contributed by atoms with Crippen molar-refractivity contribution in [2.45, 2.75) is 38.7 Å². The quantitative estimate of drug-likeness (QED) is 0.631. The van der Waals surface area contributed by atoms with Gasteiger partial charge in [0.05, 0.1) is 12.7 Å². The fourth-order valence-electron chi connectivity index (χ4n) is 2.21. The van der Waals surface area contributed by atoms with Gasteiger partial charge in [-0.1, -0.05) is 6.92 Å². The smallest absolute Gasteiger partial charge is 0.220 e. The summed E-state index contributed by atoms with van der Waals surface area (Å²) in [4.78, 5) is 11.4. The molecule has 0 saturated heterocycles. The van der Waals surface area contributed by atoms with Crippen molar-refractivity contribution in [3.05, 3.63) is 0 Å². The molecule has 0 aromatic rings. The largest absolute Gasteiger partial charge is 0.395 e. The van der Waals surface area contributed by atoms with E-state index in [-0.39, 0.29) is 24.5 Å². The number of hydrogen-bond donors (Lipinski definition) is 3. The molecule has 0 aliphatic heterocycles. The van der Waals surface area contributed by atoms with Crippen LogP contribution in [0.2, 0.25) is 0 Å². The fourth-order valence-corrected chi connectivity index (χ4v) is 2.21. The van der Waals surface area contributed by atoms with E-state index in [9.17, 15) is 9.90 Å². The minimum Gasteiger partial charge on any atom is -0.395 e. The van der Waals surface area contributed by atoms with Gasteiger partial charge in [-0.2, -0.15) is 0 Å². The van der Waals surface area contributed by atoms with E-state index in [0.29, 0.717) is 18.9 Å². The van der Waals surface area contributed by atoms with Crippen LogP contribution in [0.5, 0.6) is 0 Å². The maximum Gasteiger partial charge on any atom is 0.220 e. The summed E-state index contributed by atoms with van der Waals surface area (Å²) in [6.07, 6.45) is 2.83. The monoisotopic (exact) mass is 215 g/mol. The first-order chi connectivity index (χ1) is 7.13. The molecule has 3 N–H and O–H groups in total. The number of nitrogens with one attached hydrogen (secondary N) is 1. The highest BCUT2D eigenvalue weighted by molar-refractivity contribution is 5.76. The highest BCUT2D eigenvalue weighted by atomic mass is 16.3. The summed E-state index contributed by atoms with van der Waals surface area (Å²) in [7, 11) is 0. The molecule has 4 heteroatoms. The first kappa shape index (κ1) is 12.5. The van der Waals surface area contributed by atoms with Crippen molar-refractivity contribution in [3.63, 3.8) is 0 Å². The Bertz CT molecular complexity index is 208. The molecule has 4 nitrogen and oxygen atoms in total. The first-order valence-corrected chi connectivity index (χ1v) is 5.69. The van der Waals surface area contributed by atoms with E-state index in [4.69, 9.17) is 5.11 Å². The van der Waals surface area contributed by atoms with Crippen LogP contribution < -0.4 is 5.32 Å².